The zero-order valence-electron chi connectivity index (χ0n) is 11.8. The molecule has 2 aromatic rings. The van der Waals surface area contributed by atoms with Crippen LogP contribution in [0.25, 0.3) is 11.0 Å². The second-order valence-corrected chi connectivity index (χ2v) is 8.48. The zero-order chi connectivity index (χ0) is 13.3. The molecule has 2 heterocycles. The first-order valence-corrected chi connectivity index (χ1v) is 9.24. The van der Waals surface area contributed by atoms with Gasteiger partial charge in [0.15, 0.2) is 9.04 Å². The third-order valence-corrected chi connectivity index (χ3v) is 3.74. The van der Waals surface area contributed by atoms with Crippen molar-refractivity contribution in [2.45, 2.75) is 40.0 Å². The van der Waals surface area contributed by atoms with E-state index in [1.165, 1.54) is 5.56 Å². The van der Waals surface area contributed by atoms with Crippen molar-refractivity contribution in [3.05, 3.63) is 30.1 Å². The maximum absolute atomic E-state index is 6.21. The quantitative estimate of drug-likeness (QED) is 0.857. The summed E-state index contributed by atoms with van der Waals surface area (Å²) in [4.78, 5) is 7.58. The molecule has 0 saturated heterocycles. The summed E-state index contributed by atoms with van der Waals surface area (Å²) in [6.45, 7) is 11.1. The summed E-state index contributed by atoms with van der Waals surface area (Å²) < 4.78 is 6.21. The van der Waals surface area contributed by atoms with Gasteiger partial charge >= 0.3 is 0 Å². The molecule has 1 atom stereocenters. The molecule has 0 aliphatic carbocycles. The van der Waals surface area contributed by atoms with E-state index in [0.717, 1.165) is 11.0 Å². The van der Waals surface area contributed by atoms with E-state index in [0.29, 0.717) is 0 Å². The predicted octanol–water partition coefficient (Wildman–Crippen LogP) is 3.65. The van der Waals surface area contributed by atoms with E-state index < -0.39 is 9.04 Å². The lowest BCUT2D eigenvalue weighted by atomic mass is 9.85. The number of hydrogen-bond acceptors (Lipinski definition) is 2. The Morgan fingerprint density at radius 1 is 1.33 bits per heavy atom. The number of H-pyrrole nitrogens is 1. The molecule has 1 unspecified atom stereocenters. The van der Waals surface area contributed by atoms with Gasteiger partial charge in [0.1, 0.15) is 5.65 Å². The monoisotopic (exact) mass is 262 g/mol. The molecule has 18 heavy (non-hydrogen) atoms. The van der Waals surface area contributed by atoms with Crippen LogP contribution in [0.1, 0.15) is 32.4 Å². The first-order chi connectivity index (χ1) is 8.38. The van der Waals surface area contributed by atoms with Crippen LogP contribution >= 0.6 is 0 Å². The first-order valence-electron chi connectivity index (χ1n) is 6.46. The van der Waals surface area contributed by atoms with Crippen molar-refractivity contribution in [3.63, 3.8) is 0 Å². The van der Waals surface area contributed by atoms with Gasteiger partial charge in [-0.3, -0.25) is 0 Å². The number of nitrogens with zero attached hydrogens (tertiary/aromatic N) is 1. The number of nitrogens with one attached hydrogen (secondary N) is 1. The zero-order valence-corrected chi connectivity index (χ0v) is 13.0. The van der Waals surface area contributed by atoms with Gasteiger partial charge in [0.2, 0.25) is 0 Å². The van der Waals surface area contributed by atoms with Gasteiger partial charge in [-0.25, -0.2) is 4.98 Å². The summed E-state index contributed by atoms with van der Waals surface area (Å²) in [7, 11) is -1.08. The minimum atomic E-state index is -1.08. The molecule has 98 valence electrons. The van der Waals surface area contributed by atoms with Crippen LogP contribution in [0.15, 0.2) is 24.5 Å². The molecule has 0 amide bonds. The van der Waals surface area contributed by atoms with Gasteiger partial charge in [-0.1, -0.05) is 20.8 Å². The van der Waals surface area contributed by atoms with Crippen molar-refractivity contribution in [1.29, 1.82) is 0 Å². The molecule has 0 saturated carbocycles. The first kappa shape index (κ1) is 13.3. The van der Waals surface area contributed by atoms with Crippen molar-refractivity contribution in [2.24, 2.45) is 5.41 Å². The van der Waals surface area contributed by atoms with Gasteiger partial charge in [-0.2, -0.15) is 0 Å². The fourth-order valence-electron chi connectivity index (χ4n) is 2.16. The molecule has 0 bridgehead atoms. The van der Waals surface area contributed by atoms with E-state index in [4.69, 9.17) is 4.43 Å². The lowest BCUT2D eigenvalue weighted by Gasteiger charge is -2.32. The number of rotatable bonds is 3. The molecule has 0 aliphatic heterocycles. The van der Waals surface area contributed by atoms with Crippen molar-refractivity contribution < 1.29 is 4.43 Å². The van der Waals surface area contributed by atoms with Gasteiger partial charge in [-0.05, 0) is 36.2 Å². The van der Waals surface area contributed by atoms with E-state index in [2.05, 4.69) is 56.0 Å². The lowest BCUT2D eigenvalue weighted by Crippen LogP contribution is -2.26. The molecule has 1 N–H and O–H groups in total. The number of fused-ring (bicyclic) bond motifs is 1. The van der Waals surface area contributed by atoms with Gasteiger partial charge in [0, 0.05) is 17.8 Å². The number of aromatic nitrogens is 2. The Balaban J connectivity index is 2.40. The lowest BCUT2D eigenvalue weighted by molar-refractivity contribution is 0.0864. The van der Waals surface area contributed by atoms with Crippen LogP contribution in [-0.2, 0) is 4.43 Å². The minimum absolute atomic E-state index is 0.0862. The third-order valence-electron chi connectivity index (χ3n) is 2.92. The standard InChI is InChI=1S/C14H22N2OSi/c1-14(2,3)12(17-18(4)5)11-8-10-6-7-15-13(10)16-9-11/h6-9,12,18H,1-5H3,(H,15,16). The normalized spacial score (nSPS) is 14.3. The molecule has 0 aromatic carbocycles. The van der Waals surface area contributed by atoms with Crippen LogP contribution in [0.4, 0.5) is 0 Å². The summed E-state index contributed by atoms with van der Waals surface area (Å²) in [5.74, 6) is 0. The maximum atomic E-state index is 6.21. The van der Waals surface area contributed by atoms with Crippen LogP contribution in [0.5, 0.6) is 0 Å². The Kier molecular flexibility index (Phi) is 3.59. The molecule has 0 spiro atoms. The van der Waals surface area contributed by atoms with Crippen LogP contribution < -0.4 is 0 Å². The van der Waals surface area contributed by atoms with Crippen molar-refractivity contribution in [3.8, 4) is 0 Å². The van der Waals surface area contributed by atoms with E-state index in [1.54, 1.807) is 0 Å². The molecule has 0 radical (unpaired) electrons. The Morgan fingerprint density at radius 2 is 2.06 bits per heavy atom. The van der Waals surface area contributed by atoms with E-state index >= 15 is 0 Å². The van der Waals surface area contributed by atoms with Crippen LogP contribution in [-0.4, -0.2) is 19.0 Å². The summed E-state index contributed by atoms with van der Waals surface area (Å²) >= 11 is 0. The largest absolute Gasteiger partial charge is 0.413 e. The molecule has 2 rings (SSSR count). The van der Waals surface area contributed by atoms with Gasteiger partial charge in [-0.15, -0.1) is 0 Å². The average molecular weight is 262 g/mol. The summed E-state index contributed by atoms with van der Waals surface area (Å²) in [6.07, 6.45) is 3.98. The highest BCUT2D eigenvalue weighted by Gasteiger charge is 2.28. The predicted molar refractivity (Wildman–Crippen MR) is 78.3 cm³/mol. The van der Waals surface area contributed by atoms with Gasteiger partial charge in [0.05, 0.1) is 6.10 Å². The molecule has 2 aromatic heterocycles. The Bertz CT molecular complexity index is 528. The molecule has 3 nitrogen and oxygen atoms in total. The molecule has 0 aliphatic rings. The Labute approximate surface area is 110 Å². The number of pyridine rings is 1. The summed E-state index contributed by atoms with van der Waals surface area (Å²) in [5, 5.41) is 1.15. The summed E-state index contributed by atoms with van der Waals surface area (Å²) in [6, 6.07) is 4.24. The molecule has 0 fully saturated rings. The highest BCUT2D eigenvalue weighted by atomic mass is 28.3. The van der Waals surface area contributed by atoms with E-state index in [-0.39, 0.29) is 11.5 Å². The van der Waals surface area contributed by atoms with Crippen molar-refractivity contribution >= 4 is 20.1 Å². The van der Waals surface area contributed by atoms with Crippen LogP contribution in [0.3, 0.4) is 0 Å². The minimum Gasteiger partial charge on any atom is -0.413 e. The highest BCUT2D eigenvalue weighted by Crippen LogP contribution is 2.37. The second kappa shape index (κ2) is 4.86. The van der Waals surface area contributed by atoms with Crippen LogP contribution in [0, 0.1) is 5.41 Å². The second-order valence-electron chi connectivity index (χ2n) is 6.12. The van der Waals surface area contributed by atoms with Gasteiger partial charge in [0.25, 0.3) is 0 Å². The van der Waals surface area contributed by atoms with Gasteiger partial charge < -0.3 is 9.41 Å². The average Bonchev–Trinajstić information content (AvgIpc) is 2.70. The molecule has 4 heteroatoms. The molecular weight excluding hydrogens is 240 g/mol. The van der Waals surface area contributed by atoms with Crippen molar-refractivity contribution in [1.82, 2.24) is 9.97 Å². The SMILES string of the molecule is C[SiH](C)OC(c1cnc2[nH]ccc2c1)C(C)(C)C. The number of hydrogen-bond donors (Lipinski definition) is 1. The summed E-state index contributed by atoms with van der Waals surface area (Å²) in [5.41, 5.74) is 2.20. The number of aromatic amines is 1. The Morgan fingerprint density at radius 3 is 2.67 bits per heavy atom. The topological polar surface area (TPSA) is 37.9 Å². The van der Waals surface area contributed by atoms with Crippen LogP contribution in [0.2, 0.25) is 13.1 Å². The fraction of sp³-hybridized carbons (Fsp3) is 0.500. The maximum Gasteiger partial charge on any atom is 0.171 e. The van der Waals surface area contributed by atoms with E-state index in [9.17, 15) is 0 Å². The van der Waals surface area contributed by atoms with Crippen molar-refractivity contribution in [2.75, 3.05) is 0 Å². The Hall–Kier alpha value is -1.13. The highest BCUT2D eigenvalue weighted by molar-refractivity contribution is 6.48. The smallest absolute Gasteiger partial charge is 0.171 e. The van der Waals surface area contributed by atoms with E-state index in [1.807, 2.05) is 12.4 Å². The molecular formula is C14H22N2OSi. The fourth-order valence-corrected chi connectivity index (χ4v) is 3.26. The third kappa shape index (κ3) is 2.82.